The lowest BCUT2D eigenvalue weighted by Gasteiger charge is -2.30. The molecule has 14 heavy (non-hydrogen) atoms. The van der Waals surface area contributed by atoms with E-state index in [1.807, 2.05) is 11.8 Å². The summed E-state index contributed by atoms with van der Waals surface area (Å²) in [6.07, 6.45) is 4.21. The van der Waals surface area contributed by atoms with Crippen LogP contribution in [0.4, 0.5) is 0 Å². The van der Waals surface area contributed by atoms with Gasteiger partial charge in [-0.05, 0) is 26.0 Å². The lowest BCUT2D eigenvalue weighted by Crippen LogP contribution is -2.45. The first-order valence-electron chi connectivity index (χ1n) is 5.09. The van der Waals surface area contributed by atoms with E-state index in [2.05, 4.69) is 25.4 Å². The monoisotopic (exact) mass is 218 g/mol. The van der Waals surface area contributed by atoms with E-state index in [0.717, 1.165) is 12.8 Å². The van der Waals surface area contributed by atoms with Gasteiger partial charge in [-0.25, -0.2) is 0 Å². The molecule has 0 rings (SSSR count). The number of nitrogens with one attached hydrogen (secondary N) is 1. The van der Waals surface area contributed by atoms with Gasteiger partial charge in [0.15, 0.2) is 0 Å². The lowest BCUT2D eigenvalue weighted by atomic mass is 10.0. The zero-order chi connectivity index (χ0) is 11.2. The topological polar surface area (TPSA) is 55.1 Å². The SMILES string of the molecule is CCC(CC)(CNC(=O)C(C)N)SC. The number of hydrogen-bond acceptors (Lipinski definition) is 3. The standard InChI is InChI=1S/C10H22N2OS/c1-5-10(6-2,14-4)7-12-9(13)8(3)11/h8H,5-7,11H2,1-4H3,(H,12,13). The molecule has 3 N–H and O–H groups in total. The van der Waals surface area contributed by atoms with Gasteiger partial charge in [0.05, 0.1) is 6.04 Å². The third-order valence-corrected chi connectivity index (χ3v) is 4.31. The maximum atomic E-state index is 11.3. The highest BCUT2D eigenvalue weighted by atomic mass is 32.2. The van der Waals surface area contributed by atoms with Crippen molar-refractivity contribution in [2.24, 2.45) is 5.73 Å². The molecule has 0 radical (unpaired) electrons. The molecule has 4 heteroatoms. The Balaban J connectivity index is 4.12. The van der Waals surface area contributed by atoms with E-state index in [1.54, 1.807) is 6.92 Å². The Kier molecular flexibility index (Phi) is 6.20. The second-order valence-corrected chi connectivity index (χ2v) is 4.87. The Bertz CT molecular complexity index is 171. The third kappa shape index (κ3) is 3.88. The van der Waals surface area contributed by atoms with Crippen molar-refractivity contribution in [2.75, 3.05) is 12.8 Å². The second kappa shape index (κ2) is 6.30. The highest BCUT2D eigenvalue weighted by Crippen LogP contribution is 2.29. The van der Waals surface area contributed by atoms with Crippen molar-refractivity contribution < 1.29 is 4.79 Å². The van der Waals surface area contributed by atoms with Gasteiger partial charge in [0.1, 0.15) is 0 Å². The summed E-state index contributed by atoms with van der Waals surface area (Å²) < 4.78 is 0.171. The molecule has 0 aromatic carbocycles. The maximum Gasteiger partial charge on any atom is 0.236 e. The summed E-state index contributed by atoms with van der Waals surface area (Å²) in [5.41, 5.74) is 5.47. The van der Waals surface area contributed by atoms with E-state index in [0.29, 0.717) is 6.54 Å². The molecule has 0 aromatic heterocycles. The molecular weight excluding hydrogens is 196 g/mol. The minimum Gasteiger partial charge on any atom is -0.353 e. The third-order valence-electron chi connectivity index (χ3n) is 2.72. The van der Waals surface area contributed by atoms with Crippen molar-refractivity contribution in [3.63, 3.8) is 0 Å². The fraction of sp³-hybridized carbons (Fsp3) is 0.900. The molecule has 0 saturated carbocycles. The average molecular weight is 218 g/mol. The zero-order valence-corrected chi connectivity index (χ0v) is 10.4. The molecule has 0 aliphatic heterocycles. The molecule has 84 valence electrons. The summed E-state index contributed by atoms with van der Waals surface area (Å²) in [5, 5.41) is 2.89. The van der Waals surface area contributed by atoms with Gasteiger partial charge in [-0.2, -0.15) is 11.8 Å². The lowest BCUT2D eigenvalue weighted by molar-refractivity contribution is -0.122. The van der Waals surface area contributed by atoms with Crippen molar-refractivity contribution in [3.8, 4) is 0 Å². The molecule has 0 saturated heterocycles. The molecule has 3 nitrogen and oxygen atoms in total. The Morgan fingerprint density at radius 1 is 1.50 bits per heavy atom. The van der Waals surface area contributed by atoms with Crippen LogP contribution in [0, 0.1) is 0 Å². The number of hydrogen-bond donors (Lipinski definition) is 2. The van der Waals surface area contributed by atoms with Crippen LogP contribution < -0.4 is 11.1 Å². The average Bonchev–Trinajstić information content (AvgIpc) is 2.20. The molecule has 0 spiro atoms. The number of amides is 1. The molecular formula is C10H22N2OS. The Morgan fingerprint density at radius 3 is 2.29 bits per heavy atom. The number of carbonyl (C=O) groups excluding carboxylic acids is 1. The van der Waals surface area contributed by atoms with Crippen LogP contribution in [0.1, 0.15) is 33.6 Å². The number of nitrogens with two attached hydrogens (primary N) is 1. The van der Waals surface area contributed by atoms with Crippen molar-refractivity contribution in [1.29, 1.82) is 0 Å². The molecule has 1 amide bonds. The summed E-state index contributed by atoms with van der Waals surface area (Å²) in [5.74, 6) is -0.0645. The van der Waals surface area contributed by atoms with Crippen LogP contribution in [0.5, 0.6) is 0 Å². The predicted molar refractivity (Wildman–Crippen MR) is 63.5 cm³/mol. The number of carbonyl (C=O) groups is 1. The van der Waals surface area contributed by atoms with Gasteiger partial charge in [-0.15, -0.1) is 0 Å². The van der Waals surface area contributed by atoms with Crippen LogP contribution in [0.15, 0.2) is 0 Å². The first kappa shape index (κ1) is 13.8. The molecule has 0 aliphatic carbocycles. The van der Waals surface area contributed by atoms with Crippen LogP contribution in [-0.2, 0) is 4.79 Å². The van der Waals surface area contributed by atoms with Crippen molar-refractivity contribution in [2.45, 2.75) is 44.4 Å². The van der Waals surface area contributed by atoms with Crippen molar-refractivity contribution >= 4 is 17.7 Å². The molecule has 0 bridgehead atoms. The van der Waals surface area contributed by atoms with E-state index in [-0.39, 0.29) is 10.7 Å². The second-order valence-electron chi connectivity index (χ2n) is 3.60. The van der Waals surface area contributed by atoms with Gasteiger partial charge in [-0.3, -0.25) is 4.79 Å². The first-order valence-corrected chi connectivity index (χ1v) is 6.32. The summed E-state index contributed by atoms with van der Waals surface area (Å²) in [7, 11) is 0. The first-order chi connectivity index (χ1) is 6.51. The van der Waals surface area contributed by atoms with Gasteiger partial charge < -0.3 is 11.1 Å². The summed E-state index contributed by atoms with van der Waals surface area (Å²) in [6.45, 7) is 6.71. The van der Waals surface area contributed by atoms with Crippen LogP contribution in [0.25, 0.3) is 0 Å². The minimum absolute atomic E-state index is 0.0645. The summed E-state index contributed by atoms with van der Waals surface area (Å²) in [4.78, 5) is 11.3. The zero-order valence-electron chi connectivity index (χ0n) is 9.59. The van der Waals surface area contributed by atoms with Crippen LogP contribution in [-0.4, -0.2) is 29.5 Å². The normalized spacial score (nSPS) is 13.8. The van der Waals surface area contributed by atoms with Gasteiger partial charge in [0.25, 0.3) is 0 Å². The fourth-order valence-corrected chi connectivity index (χ4v) is 2.06. The quantitative estimate of drug-likeness (QED) is 0.708. The number of rotatable bonds is 6. The molecule has 0 fully saturated rings. The van der Waals surface area contributed by atoms with Gasteiger partial charge in [-0.1, -0.05) is 13.8 Å². The van der Waals surface area contributed by atoms with E-state index in [9.17, 15) is 4.79 Å². The van der Waals surface area contributed by atoms with Crippen molar-refractivity contribution in [1.82, 2.24) is 5.32 Å². The Labute approximate surface area is 91.2 Å². The molecule has 1 atom stereocenters. The highest BCUT2D eigenvalue weighted by Gasteiger charge is 2.25. The molecule has 0 heterocycles. The predicted octanol–water partition coefficient (Wildman–Crippen LogP) is 1.37. The van der Waals surface area contributed by atoms with Gasteiger partial charge in [0.2, 0.25) is 5.91 Å². The van der Waals surface area contributed by atoms with E-state index < -0.39 is 6.04 Å². The molecule has 0 aromatic rings. The van der Waals surface area contributed by atoms with Gasteiger partial charge >= 0.3 is 0 Å². The molecule has 1 unspecified atom stereocenters. The van der Waals surface area contributed by atoms with Crippen molar-refractivity contribution in [3.05, 3.63) is 0 Å². The molecule has 0 aliphatic rings. The highest BCUT2D eigenvalue weighted by molar-refractivity contribution is 8.00. The van der Waals surface area contributed by atoms with Crippen LogP contribution in [0.3, 0.4) is 0 Å². The Morgan fingerprint density at radius 2 is 2.00 bits per heavy atom. The smallest absolute Gasteiger partial charge is 0.236 e. The summed E-state index contributed by atoms with van der Waals surface area (Å²) >= 11 is 1.82. The van der Waals surface area contributed by atoms with E-state index in [4.69, 9.17) is 5.73 Å². The summed E-state index contributed by atoms with van der Waals surface area (Å²) in [6, 6.07) is -0.414. The van der Waals surface area contributed by atoms with Gasteiger partial charge in [0, 0.05) is 11.3 Å². The minimum atomic E-state index is -0.414. The Hall–Kier alpha value is -0.220. The van der Waals surface area contributed by atoms with E-state index >= 15 is 0 Å². The van der Waals surface area contributed by atoms with Crippen LogP contribution in [0.2, 0.25) is 0 Å². The number of thioether (sulfide) groups is 1. The maximum absolute atomic E-state index is 11.3. The van der Waals surface area contributed by atoms with Crippen LogP contribution >= 0.6 is 11.8 Å². The largest absolute Gasteiger partial charge is 0.353 e. The van der Waals surface area contributed by atoms with E-state index in [1.165, 1.54) is 0 Å². The fourth-order valence-electron chi connectivity index (χ4n) is 1.27.